The number of hydrogen-bond acceptors (Lipinski definition) is 2. The van der Waals surface area contributed by atoms with Gasteiger partial charge < -0.3 is 10.0 Å². The number of rotatable bonds is 7. The SMILES string of the molecule is CCCCCC(=O)N(CC(=O)O)c1ccc(C)cc1. The molecule has 0 aliphatic carbocycles. The van der Waals surface area contributed by atoms with E-state index in [-0.39, 0.29) is 12.5 Å². The summed E-state index contributed by atoms with van der Waals surface area (Å²) in [6.07, 6.45) is 3.23. The van der Waals surface area contributed by atoms with E-state index >= 15 is 0 Å². The number of benzene rings is 1. The lowest BCUT2D eigenvalue weighted by atomic mass is 10.1. The second-order valence-electron chi connectivity index (χ2n) is 4.67. The molecule has 0 aliphatic heterocycles. The molecule has 104 valence electrons. The molecule has 19 heavy (non-hydrogen) atoms. The molecule has 0 bridgehead atoms. The van der Waals surface area contributed by atoms with Crippen molar-refractivity contribution in [1.82, 2.24) is 0 Å². The van der Waals surface area contributed by atoms with Crippen LogP contribution in [0.25, 0.3) is 0 Å². The Kier molecular flexibility index (Phi) is 6.06. The van der Waals surface area contributed by atoms with Crippen LogP contribution >= 0.6 is 0 Å². The summed E-state index contributed by atoms with van der Waals surface area (Å²) in [6, 6.07) is 7.33. The lowest BCUT2D eigenvalue weighted by Gasteiger charge is -2.21. The number of aryl methyl sites for hydroxylation is 1. The smallest absolute Gasteiger partial charge is 0.323 e. The maximum absolute atomic E-state index is 12.1. The number of hydrogen-bond donors (Lipinski definition) is 1. The minimum atomic E-state index is -0.996. The van der Waals surface area contributed by atoms with Gasteiger partial charge in [0.05, 0.1) is 0 Å². The summed E-state index contributed by atoms with van der Waals surface area (Å²) in [6.45, 7) is 3.74. The molecule has 0 aromatic heterocycles. The molecule has 1 aromatic rings. The lowest BCUT2D eigenvalue weighted by molar-refractivity contribution is -0.136. The van der Waals surface area contributed by atoms with Crippen LogP contribution in [-0.4, -0.2) is 23.5 Å². The first-order chi connectivity index (χ1) is 9.04. The molecular formula is C15H21NO3. The summed E-state index contributed by atoms with van der Waals surface area (Å²) >= 11 is 0. The molecule has 0 spiro atoms. The van der Waals surface area contributed by atoms with Gasteiger partial charge in [-0.05, 0) is 25.5 Å². The Labute approximate surface area is 114 Å². The second-order valence-corrected chi connectivity index (χ2v) is 4.67. The van der Waals surface area contributed by atoms with Crippen molar-refractivity contribution < 1.29 is 14.7 Å². The summed E-state index contributed by atoms with van der Waals surface area (Å²) in [5, 5.41) is 8.93. The normalized spacial score (nSPS) is 10.2. The van der Waals surface area contributed by atoms with Crippen molar-refractivity contribution in [3.63, 3.8) is 0 Å². The van der Waals surface area contributed by atoms with E-state index in [1.165, 1.54) is 4.90 Å². The van der Waals surface area contributed by atoms with Crippen molar-refractivity contribution in [2.45, 2.75) is 39.5 Å². The van der Waals surface area contributed by atoms with Crippen molar-refractivity contribution in [2.24, 2.45) is 0 Å². The van der Waals surface area contributed by atoms with E-state index in [0.717, 1.165) is 24.8 Å². The molecule has 4 heteroatoms. The molecule has 1 N–H and O–H groups in total. The number of carboxylic acid groups (broad SMARTS) is 1. The monoisotopic (exact) mass is 263 g/mol. The Balaban J connectivity index is 2.79. The standard InChI is InChI=1S/C15H21NO3/c1-3-4-5-6-14(17)16(11-15(18)19)13-9-7-12(2)8-10-13/h7-10H,3-6,11H2,1-2H3,(H,18,19). The van der Waals surface area contributed by atoms with Gasteiger partial charge in [-0.3, -0.25) is 9.59 Å². The van der Waals surface area contributed by atoms with Gasteiger partial charge >= 0.3 is 5.97 Å². The van der Waals surface area contributed by atoms with E-state index in [1.54, 1.807) is 12.1 Å². The number of amides is 1. The van der Waals surface area contributed by atoms with Crippen molar-refractivity contribution >= 4 is 17.6 Å². The minimum absolute atomic E-state index is 0.125. The van der Waals surface area contributed by atoms with E-state index in [9.17, 15) is 9.59 Å². The fourth-order valence-corrected chi connectivity index (χ4v) is 1.84. The number of nitrogens with zero attached hydrogens (tertiary/aromatic N) is 1. The third-order valence-electron chi connectivity index (χ3n) is 2.93. The van der Waals surface area contributed by atoms with Gasteiger partial charge in [-0.1, -0.05) is 37.5 Å². The van der Waals surface area contributed by atoms with Crippen molar-refractivity contribution in [1.29, 1.82) is 0 Å². The highest BCUT2D eigenvalue weighted by molar-refractivity contribution is 5.97. The van der Waals surface area contributed by atoms with E-state index in [1.807, 2.05) is 19.1 Å². The van der Waals surface area contributed by atoms with E-state index in [4.69, 9.17) is 5.11 Å². The van der Waals surface area contributed by atoms with E-state index in [0.29, 0.717) is 12.1 Å². The van der Waals surface area contributed by atoms with Crippen LogP contribution in [0.1, 0.15) is 38.2 Å². The molecule has 0 saturated heterocycles. The Morgan fingerprint density at radius 1 is 1.16 bits per heavy atom. The number of carboxylic acids is 1. The van der Waals surface area contributed by atoms with Crippen LogP contribution < -0.4 is 4.90 Å². The topological polar surface area (TPSA) is 57.6 Å². The molecule has 0 aliphatic rings. The fraction of sp³-hybridized carbons (Fsp3) is 0.467. The van der Waals surface area contributed by atoms with Gasteiger partial charge in [-0.2, -0.15) is 0 Å². The highest BCUT2D eigenvalue weighted by Crippen LogP contribution is 2.17. The highest BCUT2D eigenvalue weighted by Gasteiger charge is 2.18. The van der Waals surface area contributed by atoms with Gasteiger partial charge in [0, 0.05) is 12.1 Å². The Morgan fingerprint density at radius 3 is 2.32 bits per heavy atom. The highest BCUT2D eigenvalue weighted by atomic mass is 16.4. The van der Waals surface area contributed by atoms with Crippen molar-refractivity contribution in [3.8, 4) is 0 Å². The van der Waals surface area contributed by atoms with Crippen LogP contribution in [0, 0.1) is 6.92 Å². The van der Waals surface area contributed by atoms with Gasteiger partial charge in [-0.25, -0.2) is 0 Å². The van der Waals surface area contributed by atoms with Crippen LogP contribution in [-0.2, 0) is 9.59 Å². The Morgan fingerprint density at radius 2 is 1.79 bits per heavy atom. The molecule has 0 fully saturated rings. The first-order valence-corrected chi connectivity index (χ1v) is 6.63. The Hall–Kier alpha value is -1.84. The molecule has 0 unspecified atom stereocenters. The number of unbranched alkanes of at least 4 members (excludes halogenated alkanes) is 2. The van der Waals surface area contributed by atoms with E-state index < -0.39 is 5.97 Å². The summed E-state index contributed by atoms with van der Waals surface area (Å²) in [4.78, 5) is 24.3. The maximum Gasteiger partial charge on any atom is 0.323 e. The van der Waals surface area contributed by atoms with Gasteiger partial charge in [-0.15, -0.1) is 0 Å². The van der Waals surface area contributed by atoms with Gasteiger partial charge in [0.15, 0.2) is 0 Å². The number of aliphatic carboxylic acids is 1. The average Bonchev–Trinajstić information content (AvgIpc) is 2.37. The average molecular weight is 263 g/mol. The third kappa shape index (κ3) is 5.12. The summed E-state index contributed by atoms with van der Waals surface area (Å²) in [7, 11) is 0. The quantitative estimate of drug-likeness (QED) is 0.769. The minimum Gasteiger partial charge on any atom is -0.480 e. The molecule has 0 atom stereocenters. The molecule has 4 nitrogen and oxygen atoms in total. The summed E-state index contributed by atoms with van der Waals surface area (Å²) in [5.74, 6) is -1.12. The zero-order chi connectivity index (χ0) is 14.3. The number of carbonyl (C=O) groups is 2. The maximum atomic E-state index is 12.1. The first-order valence-electron chi connectivity index (χ1n) is 6.63. The predicted molar refractivity (Wildman–Crippen MR) is 75.3 cm³/mol. The summed E-state index contributed by atoms with van der Waals surface area (Å²) < 4.78 is 0. The Bertz CT molecular complexity index is 426. The second kappa shape index (κ2) is 7.56. The molecule has 1 aromatic carbocycles. The lowest BCUT2D eigenvalue weighted by Crippen LogP contribution is -2.35. The number of carbonyl (C=O) groups excluding carboxylic acids is 1. The zero-order valence-electron chi connectivity index (χ0n) is 11.6. The molecule has 1 rings (SSSR count). The first kappa shape index (κ1) is 15.2. The van der Waals surface area contributed by atoms with Gasteiger partial charge in [0.25, 0.3) is 0 Å². The van der Waals surface area contributed by atoms with Crippen molar-refractivity contribution in [2.75, 3.05) is 11.4 Å². The molecular weight excluding hydrogens is 242 g/mol. The fourth-order valence-electron chi connectivity index (χ4n) is 1.84. The van der Waals surface area contributed by atoms with Crippen LogP contribution in [0.2, 0.25) is 0 Å². The third-order valence-corrected chi connectivity index (χ3v) is 2.93. The summed E-state index contributed by atoms with van der Waals surface area (Å²) in [5.41, 5.74) is 1.73. The molecule has 0 saturated carbocycles. The van der Waals surface area contributed by atoms with Gasteiger partial charge in [0.1, 0.15) is 6.54 Å². The predicted octanol–water partition coefficient (Wildman–Crippen LogP) is 2.99. The van der Waals surface area contributed by atoms with Crippen LogP contribution in [0.4, 0.5) is 5.69 Å². The van der Waals surface area contributed by atoms with Crippen molar-refractivity contribution in [3.05, 3.63) is 29.8 Å². The largest absolute Gasteiger partial charge is 0.480 e. The molecule has 1 amide bonds. The number of anilines is 1. The molecule has 0 radical (unpaired) electrons. The van der Waals surface area contributed by atoms with Gasteiger partial charge in [0.2, 0.25) is 5.91 Å². The van der Waals surface area contributed by atoms with E-state index in [2.05, 4.69) is 6.92 Å². The van der Waals surface area contributed by atoms with Crippen LogP contribution in [0.3, 0.4) is 0 Å². The van der Waals surface area contributed by atoms with Crippen LogP contribution in [0.5, 0.6) is 0 Å². The molecule has 0 heterocycles. The zero-order valence-corrected chi connectivity index (χ0v) is 11.6. The van der Waals surface area contributed by atoms with Crippen LogP contribution in [0.15, 0.2) is 24.3 Å².